The van der Waals surface area contributed by atoms with Crippen molar-refractivity contribution in [1.82, 2.24) is 0 Å². The number of carbonyl (C=O) groups excluding carboxylic acids is 2. The monoisotopic (exact) mass is 116 g/mol. The SMILES string of the molecule is CC(C)C(=O)OC=O. The molecule has 0 saturated heterocycles. The molecule has 0 unspecified atom stereocenters. The number of esters is 1. The molecule has 0 aromatic carbocycles. The minimum atomic E-state index is -0.486. The number of ether oxygens (including phenoxy) is 1. The van der Waals surface area contributed by atoms with Crippen LogP contribution in [0.2, 0.25) is 0 Å². The van der Waals surface area contributed by atoms with Crippen LogP contribution in [0.3, 0.4) is 0 Å². The Labute approximate surface area is 47.6 Å². The fourth-order valence-electron chi connectivity index (χ4n) is 0.184. The van der Waals surface area contributed by atoms with Gasteiger partial charge in [-0.25, -0.2) is 0 Å². The number of hydrogen-bond acceptors (Lipinski definition) is 3. The van der Waals surface area contributed by atoms with E-state index in [0.717, 1.165) is 0 Å². The van der Waals surface area contributed by atoms with Crippen LogP contribution >= 0.6 is 0 Å². The van der Waals surface area contributed by atoms with Crippen LogP contribution in [0.25, 0.3) is 0 Å². The van der Waals surface area contributed by atoms with Gasteiger partial charge in [-0.3, -0.25) is 9.59 Å². The molecule has 3 heteroatoms. The van der Waals surface area contributed by atoms with Gasteiger partial charge in [0.25, 0.3) is 0 Å². The van der Waals surface area contributed by atoms with E-state index < -0.39 is 5.97 Å². The van der Waals surface area contributed by atoms with Crippen molar-refractivity contribution in [3.05, 3.63) is 0 Å². The van der Waals surface area contributed by atoms with E-state index in [0.29, 0.717) is 0 Å². The third-order valence-corrected chi connectivity index (χ3v) is 0.636. The highest BCUT2D eigenvalue weighted by Crippen LogP contribution is 1.92. The van der Waals surface area contributed by atoms with Gasteiger partial charge < -0.3 is 4.74 Å². The maximum atomic E-state index is 10.3. The first-order valence-electron chi connectivity index (χ1n) is 2.32. The molecule has 0 aliphatic carbocycles. The summed E-state index contributed by atoms with van der Waals surface area (Å²) in [5, 5.41) is 0. The normalized spacial score (nSPS) is 8.88. The minimum absolute atomic E-state index is 0.141. The molecule has 0 saturated carbocycles. The first-order chi connectivity index (χ1) is 3.68. The minimum Gasteiger partial charge on any atom is -0.395 e. The van der Waals surface area contributed by atoms with E-state index in [4.69, 9.17) is 0 Å². The summed E-state index contributed by atoms with van der Waals surface area (Å²) in [4.78, 5) is 19.8. The molecule has 3 nitrogen and oxygen atoms in total. The lowest BCUT2D eigenvalue weighted by molar-refractivity contribution is -0.154. The molecule has 0 rings (SSSR count). The summed E-state index contributed by atoms with van der Waals surface area (Å²) < 4.78 is 3.98. The summed E-state index contributed by atoms with van der Waals surface area (Å²) in [5.74, 6) is -0.708. The van der Waals surface area contributed by atoms with Crippen LogP contribution < -0.4 is 0 Å². The molecule has 0 N–H and O–H groups in total. The molecule has 0 atom stereocenters. The van der Waals surface area contributed by atoms with Gasteiger partial charge in [0, 0.05) is 0 Å². The summed E-state index contributed by atoms with van der Waals surface area (Å²) in [6.07, 6.45) is 0. The highest BCUT2D eigenvalue weighted by atomic mass is 16.6. The van der Waals surface area contributed by atoms with Gasteiger partial charge in [-0.15, -0.1) is 0 Å². The van der Waals surface area contributed by atoms with Crippen molar-refractivity contribution in [2.24, 2.45) is 5.92 Å². The Morgan fingerprint density at radius 2 is 2.12 bits per heavy atom. The van der Waals surface area contributed by atoms with Gasteiger partial charge in [-0.05, 0) is 0 Å². The molecule has 8 heavy (non-hydrogen) atoms. The van der Waals surface area contributed by atoms with Gasteiger partial charge in [0.05, 0.1) is 5.92 Å². The number of hydrogen-bond donors (Lipinski definition) is 0. The molecule has 0 aromatic heterocycles. The summed E-state index contributed by atoms with van der Waals surface area (Å²) in [5.41, 5.74) is 0. The molecule has 0 fully saturated rings. The Kier molecular flexibility index (Phi) is 2.84. The maximum absolute atomic E-state index is 10.3. The predicted octanol–water partition coefficient (Wildman–Crippen LogP) is 0.342. The number of carbonyl (C=O) groups is 2. The van der Waals surface area contributed by atoms with Crippen molar-refractivity contribution < 1.29 is 14.3 Å². The van der Waals surface area contributed by atoms with Crippen LogP contribution in [0, 0.1) is 5.92 Å². The van der Waals surface area contributed by atoms with Crippen molar-refractivity contribution in [3.8, 4) is 0 Å². The molecular formula is C5H8O3. The quantitative estimate of drug-likeness (QED) is 0.297. The van der Waals surface area contributed by atoms with E-state index in [-0.39, 0.29) is 12.4 Å². The second-order valence-corrected chi connectivity index (χ2v) is 1.69. The molecule has 0 aliphatic rings. The van der Waals surface area contributed by atoms with Crippen LogP contribution in [0.15, 0.2) is 0 Å². The van der Waals surface area contributed by atoms with Crippen molar-refractivity contribution in [2.45, 2.75) is 13.8 Å². The van der Waals surface area contributed by atoms with Crippen LogP contribution in [0.5, 0.6) is 0 Å². The molecule has 46 valence electrons. The average molecular weight is 116 g/mol. The van der Waals surface area contributed by atoms with Gasteiger partial charge in [-0.2, -0.15) is 0 Å². The van der Waals surface area contributed by atoms with Gasteiger partial charge in [0.2, 0.25) is 0 Å². The summed E-state index contributed by atoms with van der Waals surface area (Å²) in [6.45, 7) is 3.46. The zero-order chi connectivity index (χ0) is 6.57. The molecule has 0 aromatic rings. The predicted molar refractivity (Wildman–Crippen MR) is 27.0 cm³/mol. The summed E-state index contributed by atoms with van der Waals surface area (Å²) >= 11 is 0. The van der Waals surface area contributed by atoms with E-state index in [1.807, 2.05) is 0 Å². The van der Waals surface area contributed by atoms with Gasteiger partial charge in [0.1, 0.15) is 0 Å². The Bertz CT molecular complexity index is 95.8. The lowest BCUT2D eigenvalue weighted by atomic mass is 10.2. The van der Waals surface area contributed by atoms with E-state index in [1.54, 1.807) is 13.8 Å². The Balaban J connectivity index is 3.48. The van der Waals surface area contributed by atoms with E-state index in [9.17, 15) is 9.59 Å². The fourth-order valence-corrected chi connectivity index (χ4v) is 0.184. The number of rotatable bonds is 2. The highest BCUT2D eigenvalue weighted by molar-refractivity contribution is 5.77. The third kappa shape index (κ3) is 2.34. The Morgan fingerprint density at radius 3 is 2.25 bits per heavy atom. The van der Waals surface area contributed by atoms with Gasteiger partial charge in [0.15, 0.2) is 0 Å². The van der Waals surface area contributed by atoms with E-state index in [1.165, 1.54) is 0 Å². The van der Waals surface area contributed by atoms with Crippen molar-refractivity contribution in [3.63, 3.8) is 0 Å². The topological polar surface area (TPSA) is 43.4 Å². The van der Waals surface area contributed by atoms with Gasteiger partial charge >= 0.3 is 12.4 Å². The highest BCUT2D eigenvalue weighted by Gasteiger charge is 2.05. The smallest absolute Gasteiger partial charge is 0.315 e. The lowest BCUT2D eigenvalue weighted by Gasteiger charge is -1.96. The first kappa shape index (κ1) is 7.14. The van der Waals surface area contributed by atoms with E-state index >= 15 is 0 Å². The van der Waals surface area contributed by atoms with Gasteiger partial charge in [-0.1, -0.05) is 13.8 Å². The zero-order valence-corrected chi connectivity index (χ0v) is 4.88. The second kappa shape index (κ2) is 3.18. The standard InChI is InChI=1S/C5H8O3/c1-4(2)5(7)8-3-6/h3-4H,1-2H3. The summed E-state index contributed by atoms with van der Waals surface area (Å²) in [7, 11) is 0. The molecule has 0 heterocycles. The zero-order valence-electron chi connectivity index (χ0n) is 4.88. The molecule has 0 radical (unpaired) electrons. The average Bonchev–Trinajstić information content (AvgIpc) is 1.67. The lowest BCUT2D eigenvalue weighted by Crippen LogP contribution is -2.09. The van der Waals surface area contributed by atoms with Crippen molar-refractivity contribution in [1.29, 1.82) is 0 Å². The van der Waals surface area contributed by atoms with Crippen LogP contribution in [-0.2, 0) is 14.3 Å². The Hall–Kier alpha value is -0.860. The molecule has 0 amide bonds. The molecule has 0 aliphatic heterocycles. The maximum Gasteiger partial charge on any atom is 0.315 e. The van der Waals surface area contributed by atoms with Crippen molar-refractivity contribution >= 4 is 12.4 Å². The second-order valence-electron chi connectivity index (χ2n) is 1.69. The fraction of sp³-hybridized carbons (Fsp3) is 0.600. The van der Waals surface area contributed by atoms with Crippen LogP contribution in [0.1, 0.15) is 13.8 Å². The largest absolute Gasteiger partial charge is 0.395 e. The molecule has 0 bridgehead atoms. The first-order valence-corrected chi connectivity index (χ1v) is 2.32. The van der Waals surface area contributed by atoms with E-state index in [2.05, 4.69) is 4.74 Å². The Morgan fingerprint density at radius 1 is 1.62 bits per heavy atom. The summed E-state index contributed by atoms with van der Waals surface area (Å²) in [6, 6.07) is 0. The van der Waals surface area contributed by atoms with Crippen LogP contribution in [-0.4, -0.2) is 12.4 Å². The molecule has 0 spiro atoms. The van der Waals surface area contributed by atoms with Crippen molar-refractivity contribution in [2.75, 3.05) is 0 Å². The molecular weight excluding hydrogens is 108 g/mol. The van der Waals surface area contributed by atoms with Crippen LogP contribution in [0.4, 0.5) is 0 Å². The third-order valence-electron chi connectivity index (χ3n) is 0.636.